The van der Waals surface area contributed by atoms with E-state index in [-0.39, 0.29) is 6.04 Å². The Kier molecular flexibility index (Phi) is 3.94. The van der Waals surface area contributed by atoms with Crippen molar-refractivity contribution in [3.05, 3.63) is 58.1 Å². The zero-order chi connectivity index (χ0) is 13.9. The fraction of sp³-hybridized carbons (Fsp3) is 0.250. The van der Waals surface area contributed by atoms with Gasteiger partial charge >= 0.3 is 0 Å². The van der Waals surface area contributed by atoms with Crippen LogP contribution in [0.15, 0.2) is 46.9 Å². The molecule has 20 heavy (non-hydrogen) atoms. The van der Waals surface area contributed by atoms with Crippen LogP contribution in [0.25, 0.3) is 0 Å². The molecule has 1 aliphatic rings. The van der Waals surface area contributed by atoms with Gasteiger partial charge in [-0.3, -0.25) is 0 Å². The number of hydrogen-bond donors (Lipinski definition) is 1. The molecule has 0 fully saturated rings. The summed E-state index contributed by atoms with van der Waals surface area (Å²) in [7, 11) is 0. The van der Waals surface area contributed by atoms with Gasteiger partial charge in [0.1, 0.15) is 0 Å². The molecule has 0 aliphatic carbocycles. The summed E-state index contributed by atoms with van der Waals surface area (Å²) < 4.78 is 12.4. The van der Waals surface area contributed by atoms with Gasteiger partial charge in [-0.25, -0.2) is 0 Å². The third-order valence-corrected chi connectivity index (χ3v) is 3.89. The van der Waals surface area contributed by atoms with E-state index in [1.807, 2.05) is 42.5 Å². The van der Waals surface area contributed by atoms with Crippen molar-refractivity contribution in [1.29, 1.82) is 0 Å². The average molecular weight is 334 g/mol. The second-order valence-corrected chi connectivity index (χ2v) is 5.70. The van der Waals surface area contributed by atoms with Crippen molar-refractivity contribution in [2.75, 3.05) is 13.2 Å². The van der Waals surface area contributed by atoms with E-state index < -0.39 is 0 Å². The molecule has 0 saturated carbocycles. The zero-order valence-corrected chi connectivity index (χ0v) is 12.6. The van der Waals surface area contributed by atoms with E-state index in [9.17, 15) is 0 Å². The number of ether oxygens (including phenoxy) is 2. The van der Waals surface area contributed by atoms with Gasteiger partial charge in [-0.1, -0.05) is 34.1 Å². The summed E-state index contributed by atoms with van der Waals surface area (Å²) in [5.74, 6) is 1.59. The highest BCUT2D eigenvalue weighted by Crippen LogP contribution is 2.33. The van der Waals surface area contributed by atoms with Crippen LogP contribution >= 0.6 is 15.9 Å². The monoisotopic (exact) mass is 333 g/mol. The molecule has 4 heteroatoms. The van der Waals surface area contributed by atoms with Gasteiger partial charge < -0.3 is 15.2 Å². The van der Waals surface area contributed by atoms with Crippen molar-refractivity contribution < 1.29 is 9.47 Å². The standard InChI is InChI=1S/C16H16BrNO2/c17-13-5-2-11(3-6-13)16(18)12-4-7-14-15(10-12)20-9-1-8-19-14/h2-7,10,16H,1,8-9,18H2. The summed E-state index contributed by atoms with van der Waals surface area (Å²) in [5.41, 5.74) is 8.42. The van der Waals surface area contributed by atoms with Gasteiger partial charge in [-0.2, -0.15) is 0 Å². The molecule has 0 radical (unpaired) electrons. The second kappa shape index (κ2) is 5.85. The number of halogens is 1. The molecule has 2 aromatic rings. The van der Waals surface area contributed by atoms with E-state index in [2.05, 4.69) is 15.9 Å². The maximum Gasteiger partial charge on any atom is 0.161 e. The van der Waals surface area contributed by atoms with E-state index in [1.165, 1.54) is 0 Å². The van der Waals surface area contributed by atoms with Gasteiger partial charge in [0.15, 0.2) is 11.5 Å². The molecule has 1 heterocycles. The first-order valence-electron chi connectivity index (χ1n) is 6.64. The van der Waals surface area contributed by atoms with Crippen molar-refractivity contribution >= 4 is 15.9 Å². The van der Waals surface area contributed by atoms with Gasteiger partial charge in [-0.15, -0.1) is 0 Å². The quantitative estimate of drug-likeness (QED) is 0.912. The Labute approximate surface area is 126 Å². The third kappa shape index (κ3) is 2.81. The Hall–Kier alpha value is -1.52. The van der Waals surface area contributed by atoms with Crippen molar-refractivity contribution in [1.82, 2.24) is 0 Å². The molecule has 0 bridgehead atoms. The lowest BCUT2D eigenvalue weighted by Crippen LogP contribution is -2.11. The van der Waals surface area contributed by atoms with Gasteiger partial charge in [0.2, 0.25) is 0 Å². The summed E-state index contributed by atoms with van der Waals surface area (Å²) in [4.78, 5) is 0. The van der Waals surface area contributed by atoms with Crippen LogP contribution in [0.3, 0.4) is 0 Å². The summed E-state index contributed by atoms with van der Waals surface area (Å²) in [6, 6.07) is 13.8. The number of nitrogens with two attached hydrogens (primary N) is 1. The fourth-order valence-corrected chi connectivity index (χ4v) is 2.50. The maximum atomic E-state index is 6.33. The van der Waals surface area contributed by atoms with Crippen molar-refractivity contribution in [2.24, 2.45) is 5.73 Å². The summed E-state index contributed by atoms with van der Waals surface area (Å²) in [6.45, 7) is 1.38. The van der Waals surface area contributed by atoms with E-state index in [4.69, 9.17) is 15.2 Å². The van der Waals surface area contributed by atoms with Crippen LogP contribution < -0.4 is 15.2 Å². The van der Waals surface area contributed by atoms with Crippen LogP contribution in [-0.2, 0) is 0 Å². The number of fused-ring (bicyclic) bond motifs is 1. The highest BCUT2D eigenvalue weighted by atomic mass is 79.9. The number of rotatable bonds is 2. The van der Waals surface area contributed by atoms with Crippen LogP contribution in [0.1, 0.15) is 23.6 Å². The highest BCUT2D eigenvalue weighted by molar-refractivity contribution is 9.10. The minimum Gasteiger partial charge on any atom is -0.490 e. The molecule has 2 N–H and O–H groups in total. The molecule has 1 aliphatic heterocycles. The summed E-state index contributed by atoms with van der Waals surface area (Å²) >= 11 is 3.43. The third-order valence-electron chi connectivity index (χ3n) is 3.36. The Bertz CT molecular complexity index is 598. The highest BCUT2D eigenvalue weighted by Gasteiger charge is 2.15. The topological polar surface area (TPSA) is 44.5 Å². The minimum absolute atomic E-state index is 0.166. The first-order valence-corrected chi connectivity index (χ1v) is 7.44. The normalized spacial score (nSPS) is 15.5. The lowest BCUT2D eigenvalue weighted by atomic mass is 9.99. The molecule has 3 nitrogen and oxygen atoms in total. The Morgan fingerprint density at radius 3 is 2.30 bits per heavy atom. The van der Waals surface area contributed by atoms with Crippen molar-refractivity contribution in [2.45, 2.75) is 12.5 Å². The minimum atomic E-state index is -0.166. The number of hydrogen-bond acceptors (Lipinski definition) is 3. The molecule has 1 atom stereocenters. The molecular formula is C16H16BrNO2. The van der Waals surface area contributed by atoms with Gasteiger partial charge in [0, 0.05) is 10.9 Å². The van der Waals surface area contributed by atoms with Crippen LogP contribution in [0.4, 0.5) is 0 Å². The Balaban J connectivity index is 1.90. The van der Waals surface area contributed by atoms with E-state index in [0.717, 1.165) is 33.5 Å². The Morgan fingerprint density at radius 1 is 0.900 bits per heavy atom. The fourth-order valence-electron chi connectivity index (χ4n) is 2.24. The molecule has 104 valence electrons. The zero-order valence-electron chi connectivity index (χ0n) is 11.0. The van der Waals surface area contributed by atoms with E-state index >= 15 is 0 Å². The van der Waals surface area contributed by atoms with Crippen molar-refractivity contribution in [3.8, 4) is 11.5 Å². The molecular weight excluding hydrogens is 318 g/mol. The molecule has 0 saturated heterocycles. The van der Waals surface area contributed by atoms with Crippen LogP contribution in [-0.4, -0.2) is 13.2 Å². The predicted molar refractivity (Wildman–Crippen MR) is 82.2 cm³/mol. The molecule has 0 amide bonds. The van der Waals surface area contributed by atoms with Crippen LogP contribution in [0, 0.1) is 0 Å². The lowest BCUT2D eigenvalue weighted by Gasteiger charge is -2.15. The molecule has 3 rings (SSSR count). The first kappa shape index (κ1) is 13.5. The van der Waals surface area contributed by atoms with Crippen molar-refractivity contribution in [3.63, 3.8) is 0 Å². The van der Waals surface area contributed by atoms with E-state index in [0.29, 0.717) is 13.2 Å². The van der Waals surface area contributed by atoms with Crippen LogP contribution in [0.2, 0.25) is 0 Å². The average Bonchev–Trinajstić information content (AvgIpc) is 2.71. The van der Waals surface area contributed by atoms with Gasteiger partial charge in [0.05, 0.1) is 19.3 Å². The molecule has 0 aromatic heterocycles. The Morgan fingerprint density at radius 2 is 1.55 bits per heavy atom. The van der Waals surface area contributed by atoms with E-state index in [1.54, 1.807) is 0 Å². The van der Waals surface area contributed by atoms with Gasteiger partial charge in [0.25, 0.3) is 0 Å². The lowest BCUT2D eigenvalue weighted by molar-refractivity contribution is 0.297. The van der Waals surface area contributed by atoms with Crippen LogP contribution in [0.5, 0.6) is 11.5 Å². The van der Waals surface area contributed by atoms with Gasteiger partial charge in [-0.05, 0) is 35.4 Å². The SMILES string of the molecule is NC(c1ccc(Br)cc1)c1ccc2c(c1)OCCCO2. The second-order valence-electron chi connectivity index (χ2n) is 4.79. The summed E-state index contributed by atoms with van der Waals surface area (Å²) in [5, 5.41) is 0. The summed E-state index contributed by atoms with van der Waals surface area (Å²) in [6.07, 6.45) is 0.906. The first-order chi connectivity index (χ1) is 9.74. The largest absolute Gasteiger partial charge is 0.490 e. The number of benzene rings is 2. The molecule has 2 aromatic carbocycles. The smallest absolute Gasteiger partial charge is 0.161 e. The maximum absolute atomic E-state index is 6.33. The predicted octanol–water partition coefficient (Wildman–Crippen LogP) is 3.66. The molecule has 1 unspecified atom stereocenters. The molecule has 0 spiro atoms.